The van der Waals surface area contributed by atoms with Gasteiger partial charge in [0.05, 0.1) is 15.9 Å². The standard InChI is InChI=1S/C23H18N4O2S/c28-22(29)20-13-16(10-11-24-20)15-9-8-14-4-3-6-18(17(14)12-15)26-27-23-25-19-5-1-2-7-21(19)30-23/h1-2,5,7-13H,3-4,6H2,(H,25,27)(H,28,29)/b26-18-. The Kier molecular flexibility index (Phi) is 4.72. The Hall–Kier alpha value is -3.58. The van der Waals surface area contributed by atoms with Crippen molar-refractivity contribution in [2.45, 2.75) is 19.3 Å². The first-order valence-electron chi connectivity index (χ1n) is 9.68. The van der Waals surface area contributed by atoms with Crippen molar-refractivity contribution in [3.63, 3.8) is 0 Å². The van der Waals surface area contributed by atoms with E-state index in [0.29, 0.717) is 0 Å². The summed E-state index contributed by atoms with van der Waals surface area (Å²) in [6, 6.07) is 17.7. The number of nitrogens with one attached hydrogen (secondary N) is 1. The number of pyridine rings is 1. The smallest absolute Gasteiger partial charge is 0.354 e. The van der Waals surface area contributed by atoms with Crippen LogP contribution in [0.1, 0.15) is 34.5 Å². The average molecular weight is 414 g/mol. The van der Waals surface area contributed by atoms with Gasteiger partial charge in [-0.3, -0.25) is 5.43 Å². The molecule has 2 aromatic carbocycles. The number of carbonyl (C=O) groups is 1. The number of rotatable bonds is 4. The minimum atomic E-state index is -1.03. The van der Waals surface area contributed by atoms with E-state index in [4.69, 9.17) is 0 Å². The van der Waals surface area contributed by atoms with E-state index in [-0.39, 0.29) is 5.69 Å². The highest BCUT2D eigenvalue weighted by molar-refractivity contribution is 7.22. The number of aromatic carboxylic acids is 1. The molecule has 5 rings (SSSR count). The highest BCUT2D eigenvalue weighted by Crippen LogP contribution is 2.29. The van der Waals surface area contributed by atoms with Gasteiger partial charge in [-0.1, -0.05) is 35.6 Å². The minimum absolute atomic E-state index is 0.0385. The van der Waals surface area contributed by atoms with E-state index < -0.39 is 5.97 Å². The third-order valence-corrected chi connectivity index (χ3v) is 6.11. The first-order valence-corrected chi connectivity index (χ1v) is 10.5. The lowest BCUT2D eigenvalue weighted by molar-refractivity contribution is 0.0690. The van der Waals surface area contributed by atoms with E-state index >= 15 is 0 Å². The van der Waals surface area contributed by atoms with E-state index in [1.54, 1.807) is 17.4 Å². The van der Waals surface area contributed by atoms with Crippen LogP contribution in [0.3, 0.4) is 0 Å². The third-order valence-electron chi connectivity index (χ3n) is 5.17. The molecule has 1 aliphatic rings. The van der Waals surface area contributed by atoms with Crippen molar-refractivity contribution >= 4 is 38.4 Å². The van der Waals surface area contributed by atoms with Crippen LogP contribution in [-0.2, 0) is 6.42 Å². The van der Waals surface area contributed by atoms with Crippen molar-refractivity contribution in [1.29, 1.82) is 0 Å². The number of aryl methyl sites for hydroxylation is 1. The Bertz CT molecular complexity index is 1260. The quantitative estimate of drug-likeness (QED) is 0.448. The van der Waals surface area contributed by atoms with Crippen molar-refractivity contribution in [2.24, 2.45) is 5.10 Å². The molecule has 0 aliphatic heterocycles. The molecule has 1 aliphatic carbocycles. The molecule has 148 valence electrons. The first-order chi connectivity index (χ1) is 14.7. The zero-order valence-electron chi connectivity index (χ0n) is 16.0. The number of carboxylic acids is 1. The molecule has 2 aromatic heterocycles. The van der Waals surface area contributed by atoms with E-state index in [0.717, 1.165) is 57.0 Å². The van der Waals surface area contributed by atoms with E-state index in [1.807, 2.05) is 36.4 Å². The van der Waals surface area contributed by atoms with Crippen molar-refractivity contribution in [3.05, 3.63) is 77.6 Å². The maximum Gasteiger partial charge on any atom is 0.354 e. The normalized spacial score (nSPS) is 14.6. The molecule has 0 unspecified atom stereocenters. The van der Waals surface area contributed by atoms with Gasteiger partial charge >= 0.3 is 5.97 Å². The first kappa shape index (κ1) is 18.4. The van der Waals surface area contributed by atoms with Gasteiger partial charge in [-0.25, -0.2) is 14.8 Å². The van der Waals surface area contributed by atoms with E-state index in [9.17, 15) is 9.90 Å². The second kappa shape index (κ2) is 7.68. The van der Waals surface area contributed by atoms with Gasteiger partial charge in [0.15, 0.2) is 0 Å². The van der Waals surface area contributed by atoms with Crippen molar-refractivity contribution in [1.82, 2.24) is 9.97 Å². The highest BCUT2D eigenvalue weighted by Gasteiger charge is 2.17. The van der Waals surface area contributed by atoms with Crippen LogP contribution < -0.4 is 5.43 Å². The summed E-state index contributed by atoms with van der Waals surface area (Å²) >= 11 is 1.58. The summed E-state index contributed by atoms with van der Waals surface area (Å²) in [4.78, 5) is 19.7. The van der Waals surface area contributed by atoms with Gasteiger partial charge in [0.25, 0.3) is 0 Å². The molecule has 2 N–H and O–H groups in total. The predicted octanol–water partition coefficient (Wildman–Crippen LogP) is 5.21. The van der Waals surface area contributed by atoms with Gasteiger partial charge in [0, 0.05) is 11.8 Å². The zero-order chi connectivity index (χ0) is 20.5. The van der Waals surface area contributed by atoms with Crippen molar-refractivity contribution < 1.29 is 9.90 Å². The lowest BCUT2D eigenvalue weighted by Gasteiger charge is -2.19. The minimum Gasteiger partial charge on any atom is -0.477 e. The second-order valence-electron chi connectivity index (χ2n) is 7.12. The summed E-state index contributed by atoms with van der Waals surface area (Å²) < 4.78 is 1.12. The predicted molar refractivity (Wildman–Crippen MR) is 119 cm³/mol. The zero-order valence-corrected chi connectivity index (χ0v) is 16.8. The molecular weight excluding hydrogens is 396 g/mol. The monoisotopic (exact) mass is 414 g/mol. The molecular formula is C23H18N4O2S. The van der Waals surface area contributed by atoms with Crippen LogP contribution in [0.5, 0.6) is 0 Å². The van der Waals surface area contributed by atoms with Crippen LogP contribution in [0, 0.1) is 0 Å². The van der Waals surface area contributed by atoms with Crippen LogP contribution in [-0.4, -0.2) is 26.8 Å². The number of fused-ring (bicyclic) bond motifs is 2. The third kappa shape index (κ3) is 3.55. The molecule has 0 saturated heterocycles. The highest BCUT2D eigenvalue weighted by atomic mass is 32.1. The second-order valence-corrected chi connectivity index (χ2v) is 8.15. The maximum atomic E-state index is 11.3. The molecule has 0 fully saturated rings. The lowest BCUT2D eigenvalue weighted by Crippen LogP contribution is -2.13. The molecule has 30 heavy (non-hydrogen) atoms. The molecule has 7 heteroatoms. The maximum absolute atomic E-state index is 11.3. The Labute approximate surface area is 176 Å². The molecule has 6 nitrogen and oxygen atoms in total. The number of nitrogens with zero attached hydrogens (tertiary/aromatic N) is 3. The van der Waals surface area contributed by atoms with Crippen LogP contribution in [0.2, 0.25) is 0 Å². The molecule has 2 heterocycles. The lowest BCUT2D eigenvalue weighted by atomic mass is 9.87. The molecule has 0 atom stereocenters. The Morgan fingerprint density at radius 2 is 1.93 bits per heavy atom. The van der Waals surface area contributed by atoms with Crippen molar-refractivity contribution in [2.75, 3.05) is 5.43 Å². The average Bonchev–Trinajstić information content (AvgIpc) is 3.20. The molecule has 0 spiro atoms. The number of benzene rings is 2. The Morgan fingerprint density at radius 1 is 1.07 bits per heavy atom. The number of thiazole rings is 1. The topological polar surface area (TPSA) is 87.5 Å². The number of para-hydroxylation sites is 1. The molecule has 0 bridgehead atoms. The number of hydrazone groups is 1. The summed E-state index contributed by atoms with van der Waals surface area (Å²) in [6.45, 7) is 0. The largest absolute Gasteiger partial charge is 0.477 e. The number of hydrogen-bond acceptors (Lipinski definition) is 6. The fraction of sp³-hybridized carbons (Fsp3) is 0.130. The van der Waals surface area contributed by atoms with Gasteiger partial charge in [-0.05, 0) is 66.3 Å². The fourth-order valence-corrected chi connectivity index (χ4v) is 4.51. The molecule has 0 saturated carbocycles. The Morgan fingerprint density at radius 3 is 2.80 bits per heavy atom. The van der Waals surface area contributed by atoms with Crippen LogP contribution >= 0.6 is 11.3 Å². The van der Waals surface area contributed by atoms with Gasteiger partial charge in [-0.15, -0.1) is 0 Å². The van der Waals surface area contributed by atoms with Gasteiger partial charge in [0.2, 0.25) is 5.13 Å². The Balaban J connectivity index is 1.48. The number of aromatic nitrogens is 2. The SMILES string of the molecule is O=C(O)c1cc(-c2ccc3c(c2)/C(=N\Nc2nc4ccccc4s2)CCC3)ccn1. The van der Waals surface area contributed by atoms with Gasteiger partial charge < -0.3 is 5.11 Å². The number of carboxylic acid groups (broad SMARTS) is 1. The van der Waals surface area contributed by atoms with Gasteiger partial charge in [-0.2, -0.15) is 5.10 Å². The summed E-state index contributed by atoms with van der Waals surface area (Å²) in [6.07, 6.45) is 4.46. The van der Waals surface area contributed by atoms with E-state index in [2.05, 4.69) is 32.6 Å². The summed E-state index contributed by atoms with van der Waals surface area (Å²) in [5.74, 6) is -1.03. The fourth-order valence-electron chi connectivity index (χ4n) is 3.70. The molecule has 0 amide bonds. The van der Waals surface area contributed by atoms with Gasteiger partial charge in [0.1, 0.15) is 5.69 Å². The van der Waals surface area contributed by atoms with Crippen LogP contribution in [0.25, 0.3) is 21.3 Å². The van der Waals surface area contributed by atoms with E-state index in [1.165, 1.54) is 11.8 Å². The number of hydrogen-bond donors (Lipinski definition) is 2. The van der Waals surface area contributed by atoms with Crippen LogP contribution in [0.15, 0.2) is 65.9 Å². The summed E-state index contributed by atoms with van der Waals surface area (Å²) in [5.41, 5.74) is 9.26. The summed E-state index contributed by atoms with van der Waals surface area (Å²) in [5, 5.41) is 14.7. The molecule has 0 radical (unpaired) electrons. The number of anilines is 1. The molecule has 4 aromatic rings. The van der Waals surface area contributed by atoms with Crippen molar-refractivity contribution in [3.8, 4) is 11.1 Å². The van der Waals surface area contributed by atoms with Crippen LogP contribution in [0.4, 0.5) is 5.13 Å². The summed E-state index contributed by atoms with van der Waals surface area (Å²) in [7, 11) is 0.